The quantitative estimate of drug-likeness (QED) is 0.759. The Balaban J connectivity index is 2.55. The van der Waals surface area contributed by atoms with Crippen molar-refractivity contribution < 1.29 is 13.9 Å². The summed E-state index contributed by atoms with van der Waals surface area (Å²) in [6.07, 6.45) is 1.76. The van der Waals surface area contributed by atoms with Crippen molar-refractivity contribution in [3.63, 3.8) is 0 Å². The molecule has 0 fully saturated rings. The molecule has 0 aliphatic rings. The van der Waals surface area contributed by atoms with E-state index in [9.17, 15) is 4.89 Å². The van der Waals surface area contributed by atoms with Gasteiger partial charge in [0.05, 0.1) is 6.61 Å². The third-order valence-electron chi connectivity index (χ3n) is 1.94. The molecule has 0 aliphatic heterocycles. The van der Waals surface area contributed by atoms with E-state index in [-0.39, 0.29) is 0 Å². The average Bonchev–Trinajstić information content (AvgIpc) is 2.27. The van der Waals surface area contributed by atoms with Crippen molar-refractivity contribution in [2.24, 2.45) is 0 Å². The highest BCUT2D eigenvalue weighted by molar-refractivity contribution is 7.41. The molecule has 0 bridgehead atoms. The van der Waals surface area contributed by atoms with E-state index in [1.54, 1.807) is 0 Å². The fraction of sp³-hybridized carbons (Fsp3) is 0.455. The molecular weight excluding hydrogens is 211 g/mol. The second kappa shape index (κ2) is 6.78. The van der Waals surface area contributed by atoms with Gasteiger partial charge in [0.1, 0.15) is 5.75 Å². The summed E-state index contributed by atoms with van der Waals surface area (Å²) >= 11 is 0. The van der Waals surface area contributed by atoms with Gasteiger partial charge in [0.15, 0.2) is 0 Å². The maximum atomic E-state index is 9.47. The highest BCUT2D eigenvalue weighted by Gasteiger charge is 2.10. The fourth-order valence-electron chi connectivity index (χ4n) is 1.16. The normalized spacial score (nSPS) is 12.5. The molecule has 1 atom stereocenters. The van der Waals surface area contributed by atoms with Crippen molar-refractivity contribution in [3.05, 3.63) is 29.8 Å². The Labute approximate surface area is 92.0 Å². The number of rotatable bonds is 6. The van der Waals surface area contributed by atoms with Gasteiger partial charge in [-0.15, -0.1) is 0 Å². The van der Waals surface area contributed by atoms with E-state index in [0.717, 1.165) is 18.4 Å². The SMILES string of the molecule is CCCOP(O)Oc1ccccc1CC. The molecule has 1 aromatic carbocycles. The molecule has 1 rings (SSSR count). The molecule has 1 N–H and O–H groups in total. The molecule has 0 radical (unpaired) electrons. The minimum Gasteiger partial charge on any atom is -0.427 e. The Morgan fingerprint density at radius 3 is 2.67 bits per heavy atom. The molecule has 0 aliphatic carbocycles. The smallest absolute Gasteiger partial charge is 0.394 e. The van der Waals surface area contributed by atoms with E-state index in [1.165, 1.54) is 0 Å². The van der Waals surface area contributed by atoms with E-state index in [2.05, 4.69) is 6.92 Å². The maximum Gasteiger partial charge on any atom is 0.394 e. The first-order valence-corrected chi connectivity index (χ1v) is 6.28. The lowest BCUT2D eigenvalue weighted by Crippen LogP contribution is -1.95. The summed E-state index contributed by atoms with van der Waals surface area (Å²) < 4.78 is 10.4. The van der Waals surface area contributed by atoms with Crippen LogP contribution in [-0.2, 0) is 10.9 Å². The molecule has 15 heavy (non-hydrogen) atoms. The zero-order chi connectivity index (χ0) is 11.1. The highest BCUT2D eigenvalue weighted by atomic mass is 31.2. The molecule has 0 saturated heterocycles. The lowest BCUT2D eigenvalue weighted by Gasteiger charge is -2.13. The standard InChI is InChI=1S/C11H17O3P/c1-3-9-13-15(12)14-11-8-6-5-7-10(11)4-2/h5-8,12H,3-4,9H2,1-2H3. The lowest BCUT2D eigenvalue weighted by molar-refractivity contribution is 0.260. The second-order valence-electron chi connectivity index (χ2n) is 3.12. The highest BCUT2D eigenvalue weighted by Crippen LogP contribution is 2.36. The van der Waals surface area contributed by atoms with Crippen LogP contribution in [0.15, 0.2) is 24.3 Å². The lowest BCUT2D eigenvalue weighted by atomic mass is 10.1. The van der Waals surface area contributed by atoms with Crippen LogP contribution in [0.3, 0.4) is 0 Å². The second-order valence-corrected chi connectivity index (χ2v) is 4.04. The first-order valence-electron chi connectivity index (χ1n) is 5.15. The molecule has 0 amide bonds. The molecule has 0 spiro atoms. The number of benzene rings is 1. The average molecular weight is 228 g/mol. The van der Waals surface area contributed by atoms with Crippen LogP contribution >= 0.6 is 8.60 Å². The van der Waals surface area contributed by atoms with Crippen LogP contribution in [0.5, 0.6) is 5.75 Å². The van der Waals surface area contributed by atoms with Crippen LogP contribution in [0.4, 0.5) is 0 Å². The largest absolute Gasteiger partial charge is 0.427 e. The fourth-order valence-corrected chi connectivity index (χ4v) is 1.90. The topological polar surface area (TPSA) is 38.7 Å². The molecule has 4 heteroatoms. The number of hydrogen-bond donors (Lipinski definition) is 1. The maximum absolute atomic E-state index is 9.47. The van der Waals surface area contributed by atoms with Gasteiger partial charge in [-0.2, -0.15) is 0 Å². The van der Waals surface area contributed by atoms with E-state index >= 15 is 0 Å². The first-order chi connectivity index (χ1) is 7.27. The number of aryl methyl sites for hydroxylation is 1. The Hall–Kier alpha value is -0.630. The van der Waals surface area contributed by atoms with Gasteiger partial charge in [-0.25, -0.2) is 0 Å². The Kier molecular flexibility index (Phi) is 5.62. The zero-order valence-corrected chi connectivity index (χ0v) is 10.0. The summed E-state index contributed by atoms with van der Waals surface area (Å²) in [4.78, 5) is 9.47. The van der Waals surface area contributed by atoms with Gasteiger partial charge in [0.2, 0.25) is 0 Å². The van der Waals surface area contributed by atoms with E-state index < -0.39 is 8.60 Å². The van der Waals surface area contributed by atoms with Crippen LogP contribution in [0.1, 0.15) is 25.8 Å². The summed E-state index contributed by atoms with van der Waals surface area (Å²) in [6, 6.07) is 7.67. The third-order valence-corrected chi connectivity index (χ3v) is 2.69. The third kappa shape index (κ3) is 4.17. The number of para-hydroxylation sites is 1. The van der Waals surface area contributed by atoms with Gasteiger partial charge in [0, 0.05) is 0 Å². The molecule has 0 aromatic heterocycles. The van der Waals surface area contributed by atoms with Gasteiger partial charge in [-0.05, 0) is 24.5 Å². The zero-order valence-electron chi connectivity index (χ0n) is 9.14. The first kappa shape index (κ1) is 12.4. The van der Waals surface area contributed by atoms with Crippen LogP contribution in [-0.4, -0.2) is 11.5 Å². The molecule has 0 saturated carbocycles. The Bertz CT molecular complexity index is 291. The van der Waals surface area contributed by atoms with Crippen LogP contribution in [0.25, 0.3) is 0 Å². The van der Waals surface area contributed by atoms with Crippen molar-refractivity contribution in [2.45, 2.75) is 26.7 Å². The molecule has 1 unspecified atom stereocenters. The summed E-state index contributed by atoms with van der Waals surface area (Å²) in [5, 5.41) is 0. The summed E-state index contributed by atoms with van der Waals surface area (Å²) in [5.41, 5.74) is 1.08. The van der Waals surface area contributed by atoms with Gasteiger partial charge < -0.3 is 13.9 Å². The molecule has 84 valence electrons. The van der Waals surface area contributed by atoms with Crippen molar-refractivity contribution >= 4 is 8.60 Å². The van der Waals surface area contributed by atoms with Crippen molar-refractivity contribution in [2.75, 3.05) is 6.61 Å². The van der Waals surface area contributed by atoms with Crippen LogP contribution in [0.2, 0.25) is 0 Å². The monoisotopic (exact) mass is 228 g/mol. The van der Waals surface area contributed by atoms with E-state index in [4.69, 9.17) is 9.05 Å². The minimum atomic E-state index is -1.78. The van der Waals surface area contributed by atoms with Crippen LogP contribution < -0.4 is 4.52 Å². The van der Waals surface area contributed by atoms with E-state index in [0.29, 0.717) is 12.4 Å². The molecule has 0 heterocycles. The van der Waals surface area contributed by atoms with Gasteiger partial charge in [-0.1, -0.05) is 32.0 Å². The molecular formula is C11H17O3P. The Morgan fingerprint density at radius 2 is 2.00 bits per heavy atom. The van der Waals surface area contributed by atoms with Crippen molar-refractivity contribution in [1.82, 2.24) is 0 Å². The summed E-state index contributed by atoms with van der Waals surface area (Å²) in [7, 11) is -1.78. The van der Waals surface area contributed by atoms with E-state index in [1.807, 2.05) is 31.2 Å². The van der Waals surface area contributed by atoms with Gasteiger partial charge in [0.25, 0.3) is 0 Å². The van der Waals surface area contributed by atoms with Crippen molar-refractivity contribution in [3.8, 4) is 5.75 Å². The van der Waals surface area contributed by atoms with Crippen LogP contribution in [0, 0.1) is 0 Å². The van der Waals surface area contributed by atoms with Crippen molar-refractivity contribution in [1.29, 1.82) is 0 Å². The Morgan fingerprint density at radius 1 is 1.27 bits per heavy atom. The summed E-state index contributed by atoms with van der Waals surface area (Å²) in [6.45, 7) is 4.56. The molecule has 1 aromatic rings. The summed E-state index contributed by atoms with van der Waals surface area (Å²) in [5.74, 6) is 0.713. The predicted molar refractivity (Wildman–Crippen MR) is 61.8 cm³/mol. The minimum absolute atomic E-state index is 0.524. The predicted octanol–water partition coefficient (Wildman–Crippen LogP) is 3.27. The van der Waals surface area contributed by atoms with Gasteiger partial charge >= 0.3 is 8.60 Å². The number of hydrogen-bond acceptors (Lipinski definition) is 3. The molecule has 3 nitrogen and oxygen atoms in total. The van der Waals surface area contributed by atoms with Gasteiger partial charge in [-0.3, -0.25) is 0 Å².